The lowest BCUT2D eigenvalue weighted by Gasteiger charge is -2.05. The van der Waals surface area contributed by atoms with Crippen molar-refractivity contribution in [2.24, 2.45) is 0 Å². The normalized spacial score (nSPS) is 10.8. The second kappa shape index (κ2) is 4.94. The molecule has 0 spiro atoms. The van der Waals surface area contributed by atoms with Crippen molar-refractivity contribution in [3.63, 3.8) is 0 Å². The number of nitrogens with zero attached hydrogens (tertiary/aromatic N) is 2. The van der Waals surface area contributed by atoms with Crippen LogP contribution in [0.1, 0.15) is 5.82 Å². The predicted octanol–water partition coefficient (Wildman–Crippen LogP) is 1.98. The summed E-state index contributed by atoms with van der Waals surface area (Å²) in [5.74, 6) is 1.12. The zero-order chi connectivity index (χ0) is 11.4. The fraction of sp³-hybridized carbons (Fsp3) is 0.308. The van der Waals surface area contributed by atoms with Crippen molar-refractivity contribution in [1.82, 2.24) is 14.9 Å². The maximum Gasteiger partial charge on any atom is 0.111 e. The van der Waals surface area contributed by atoms with Crippen molar-refractivity contribution in [2.75, 3.05) is 13.6 Å². The molecule has 1 heterocycles. The van der Waals surface area contributed by atoms with E-state index in [0.29, 0.717) is 0 Å². The SMILES string of the molecule is C=CCn1c(CCNC)nc2ccccc21. The highest BCUT2D eigenvalue weighted by molar-refractivity contribution is 5.75. The first kappa shape index (κ1) is 10.9. The Bertz CT molecular complexity index is 485. The van der Waals surface area contributed by atoms with E-state index in [2.05, 4.69) is 33.6 Å². The van der Waals surface area contributed by atoms with Gasteiger partial charge >= 0.3 is 0 Å². The topological polar surface area (TPSA) is 29.9 Å². The van der Waals surface area contributed by atoms with Crippen molar-refractivity contribution >= 4 is 11.0 Å². The van der Waals surface area contributed by atoms with E-state index < -0.39 is 0 Å². The summed E-state index contributed by atoms with van der Waals surface area (Å²) in [6.45, 7) is 5.56. The Kier molecular flexibility index (Phi) is 3.37. The lowest BCUT2D eigenvalue weighted by Crippen LogP contribution is -2.13. The Morgan fingerprint density at radius 2 is 2.25 bits per heavy atom. The molecule has 1 N–H and O–H groups in total. The number of para-hydroxylation sites is 2. The second-order valence-corrected chi connectivity index (χ2v) is 3.77. The summed E-state index contributed by atoms with van der Waals surface area (Å²) in [5, 5.41) is 3.15. The van der Waals surface area contributed by atoms with Gasteiger partial charge in [-0.15, -0.1) is 6.58 Å². The Morgan fingerprint density at radius 1 is 1.44 bits per heavy atom. The van der Waals surface area contributed by atoms with Crippen LogP contribution in [0.4, 0.5) is 0 Å². The summed E-state index contributed by atoms with van der Waals surface area (Å²) in [4.78, 5) is 4.64. The molecule has 0 aliphatic rings. The van der Waals surface area contributed by atoms with Crippen LogP contribution >= 0.6 is 0 Å². The Hall–Kier alpha value is -1.61. The summed E-state index contributed by atoms with van der Waals surface area (Å²) in [7, 11) is 1.96. The summed E-state index contributed by atoms with van der Waals surface area (Å²) in [5.41, 5.74) is 2.25. The van der Waals surface area contributed by atoms with Gasteiger partial charge in [0.1, 0.15) is 5.82 Å². The van der Waals surface area contributed by atoms with Gasteiger partial charge in [-0.1, -0.05) is 18.2 Å². The van der Waals surface area contributed by atoms with E-state index in [-0.39, 0.29) is 0 Å². The van der Waals surface area contributed by atoms with Gasteiger partial charge in [-0.2, -0.15) is 0 Å². The van der Waals surface area contributed by atoms with Crippen LogP contribution in [0.5, 0.6) is 0 Å². The third-order valence-electron chi connectivity index (χ3n) is 2.64. The lowest BCUT2D eigenvalue weighted by atomic mass is 10.3. The average Bonchev–Trinajstić information content (AvgIpc) is 2.66. The first-order valence-corrected chi connectivity index (χ1v) is 5.56. The number of nitrogens with one attached hydrogen (secondary N) is 1. The largest absolute Gasteiger partial charge is 0.324 e. The van der Waals surface area contributed by atoms with Gasteiger partial charge in [0, 0.05) is 19.5 Å². The van der Waals surface area contributed by atoms with E-state index in [1.807, 2.05) is 25.3 Å². The standard InChI is InChI=1S/C13H17N3/c1-3-10-16-12-7-5-4-6-11(12)15-13(16)8-9-14-2/h3-7,14H,1,8-10H2,2H3. The van der Waals surface area contributed by atoms with Gasteiger partial charge in [-0.25, -0.2) is 4.98 Å². The maximum atomic E-state index is 4.64. The van der Waals surface area contributed by atoms with Gasteiger partial charge in [0.25, 0.3) is 0 Å². The molecule has 0 amide bonds. The van der Waals surface area contributed by atoms with E-state index in [0.717, 1.165) is 30.9 Å². The second-order valence-electron chi connectivity index (χ2n) is 3.77. The van der Waals surface area contributed by atoms with Crippen molar-refractivity contribution < 1.29 is 0 Å². The van der Waals surface area contributed by atoms with Gasteiger partial charge in [0.15, 0.2) is 0 Å². The molecule has 2 aromatic rings. The lowest BCUT2D eigenvalue weighted by molar-refractivity contribution is 0.703. The quantitative estimate of drug-likeness (QED) is 0.773. The van der Waals surface area contributed by atoms with Gasteiger partial charge in [0.2, 0.25) is 0 Å². The summed E-state index contributed by atoms with van der Waals surface area (Å²) in [6.07, 6.45) is 2.86. The highest BCUT2D eigenvalue weighted by atomic mass is 15.1. The minimum atomic E-state index is 0.819. The van der Waals surface area contributed by atoms with Crippen LogP contribution < -0.4 is 5.32 Å². The molecule has 2 rings (SSSR count). The van der Waals surface area contributed by atoms with Crippen LogP contribution in [-0.4, -0.2) is 23.1 Å². The van der Waals surface area contributed by atoms with E-state index in [1.54, 1.807) is 0 Å². The molecule has 0 atom stereocenters. The number of hydrogen-bond acceptors (Lipinski definition) is 2. The fourth-order valence-electron chi connectivity index (χ4n) is 1.89. The molecule has 0 saturated heterocycles. The number of likely N-dealkylation sites (N-methyl/N-ethyl adjacent to an activating group) is 1. The monoisotopic (exact) mass is 215 g/mol. The molecule has 0 radical (unpaired) electrons. The fourth-order valence-corrected chi connectivity index (χ4v) is 1.89. The molecule has 0 saturated carbocycles. The van der Waals surface area contributed by atoms with E-state index in [1.165, 1.54) is 5.52 Å². The van der Waals surface area contributed by atoms with Crippen LogP contribution in [0.3, 0.4) is 0 Å². The molecule has 0 aliphatic carbocycles. The molecule has 3 heteroatoms. The predicted molar refractivity (Wildman–Crippen MR) is 67.6 cm³/mol. The van der Waals surface area contributed by atoms with E-state index in [4.69, 9.17) is 0 Å². The molecule has 0 unspecified atom stereocenters. The number of rotatable bonds is 5. The maximum absolute atomic E-state index is 4.64. The molecule has 0 aliphatic heterocycles. The van der Waals surface area contributed by atoms with Crippen molar-refractivity contribution in [3.8, 4) is 0 Å². The number of imidazole rings is 1. The number of aromatic nitrogens is 2. The highest BCUT2D eigenvalue weighted by Crippen LogP contribution is 2.16. The summed E-state index contributed by atoms with van der Waals surface area (Å²) >= 11 is 0. The molecule has 0 bridgehead atoms. The van der Waals surface area contributed by atoms with E-state index >= 15 is 0 Å². The van der Waals surface area contributed by atoms with Crippen molar-refractivity contribution in [2.45, 2.75) is 13.0 Å². The van der Waals surface area contributed by atoms with Crippen LogP contribution in [0.25, 0.3) is 11.0 Å². The Balaban J connectivity index is 2.45. The van der Waals surface area contributed by atoms with Gasteiger partial charge in [-0.05, 0) is 19.2 Å². The number of benzene rings is 1. The molecular weight excluding hydrogens is 198 g/mol. The molecule has 1 aromatic heterocycles. The third-order valence-corrected chi connectivity index (χ3v) is 2.64. The van der Waals surface area contributed by atoms with Gasteiger partial charge in [0.05, 0.1) is 11.0 Å². The minimum absolute atomic E-state index is 0.819. The highest BCUT2D eigenvalue weighted by Gasteiger charge is 2.07. The molecule has 84 valence electrons. The zero-order valence-corrected chi connectivity index (χ0v) is 9.61. The summed E-state index contributed by atoms with van der Waals surface area (Å²) < 4.78 is 2.22. The third kappa shape index (κ3) is 1.99. The molecular formula is C13H17N3. The van der Waals surface area contributed by atoms with Crippen LogP contribution in [0.15, 0.2) is 36.9 Å². The summed E-state index contributed by atoms with van der Waals surface area (Å²) in [6, 6.07) is 8.23. The molecule has 1 aromatic carbocycles. The molecule has 16 heavy (non-hydrogen) atoms. The first-order valence-electron chi connectivity index (χ1n) is 5.56. The Morgan fingerprint density at radius 3 is 3.00 bits per heavy atom. The van der Waals surface area contributed by atoms with Crippen molar-refractivity contribution in [1.29, 1.82) is 0 Å². The van der Waals surface area contributed by atoms with Crippen LogP contribution in [-0.2, 0) is 13.0 Å². The van der Waals surface area contributed by atoms with Gasteiger partial charge in [-0.3, -0.25) is 0 Å². The molecule has 0 fully saturated rings. The van der Waals surface area contributed by atoms with Crippen LogP contribution in [0.2, 0.25) is 0 Å². The van der Waals surface area contributed by atoms with Gasteiger partial charge < -0.3 is 9.88 Å². The average molecular weight is 215 g/mol. The van der Waals surface area contributed by atoms with E-state index in [9.17, 15) is 0 Å². The zero-order valence-electron chi connectivity index (χ0n) is 9.61. The smallest absolute Gasteiger partial charge is 0.111 e. The number of hydrogen-bond donors (Lipinski definition) is 1. The molecule has 3 nitrogen and oxygen atoms in total. The minimum Gasteiger partial charge on any atom is -0.324 e. The first-order chi connectivity index (χ1) is 7.86. The van der Waals surface area contributed by atoms with Crippen LogP contribution in [0, 0.1) is 0 Å². The number of fused-ring (bicyclic) bond motifs is 1. The van der Waals surface area contributed by atoms with Crippen molar-refractivity contribution in [3.05, 3.63) is 42.7 Å². The Labute approximate surface area is 95.8 Å². The number of allylic oxidation sites excluding steroid dienone is 1.